The predicted molar refractivity (Wildman–Crippen MR) is 167 cm³/mol. The lowest BCUT2D eigenvalue weighted by Gasteiger charge is -2.37. The van der Waals surface area contributed by atoms with Gasteiger partial charge in [0.05, 0.1) is 19.1 Å². The second-order valence-electron chi connectivity index (χ2n) is 10.7. The highest BCUT2D eigenvalue weighted by Gasteiger charge is 2.70. The molecule has 0 aromatic heterocycles. The number of para-hydroxylation sites is 1. The Morgan fingerprint density at radius 2 is 1.62 bits per heavy atom. The van der Waals surface area contributed by atoms with Gasteiger partial charge in [-0.25, -0.2) is 0 Å². The Morgan fingerprint density at radius 1 is 0.929 bits per heavy atom. The first-order chi connectivity index (χ1) is 20.3. The number of carbonyl (C=O) groups is 3. The average Bonchev–Trinajstić information content (AvgIpc) is 3.49. The molecule has 1 amide bonds. The molecule has 0 aliphatic carbocycles. The third-order valence-corrected chi connectivity index (χ3v) is 9.41. The normalized spacial score (nSPS) is 23.3. The van der Waals surface area contributed by atoms with Gasteiger partial charge in [-0.1, -0.05) is 70.0 Å². The summed E-state index contributed by atoms with van der Waals surface area (Å²) in [6.45, 7) is 0. The van der Waals surface area contributed by atoms with Gasteiger partial charge in [0.25, 0.3) is 0 Å². The van der Waals surface area contributed by atoms with Gasteiger partial charge in [-0.2, -0.15) is 0 Å². The molecule has 3 aliphatic heterocycles. The van der Waals surface area contributed by atoms with Crippen molar-refractivity contribution in [2.75, 3.05) is 17.3 Å². The van der Waals surface area contributed by atoms with Gasteiger partial charge in [-0.3, -0.25) is 14.4 Å². The fourth-order valence-electron chi connectivity index (χ4n) is 6.87. The molecule has 0 bridgehead atoms. The lowest BCUT2D eigenvalue weighted by Crippen LogP contribution is -2.51. The van der Waals surface area contributed by atoms with Crippen LogP contribution in [-0.4, -0.2) is 36.7 Å². The third kappa shape index (κ3) is 3.80. The van der Waals surface area contributed by atoms with Crippen LogP contribution in [0.1, 0.15) is 31.8 Å². The molecule has 6 nitrogen and oxygen atoms in total. The molecule has 3 aliphatic rings. The van der Waals surface area contributed by atoms with Crippen molar-refractivity contribution in [1.82, 2.24) is 0 Å². The molecule has 42 heavy (non-hydrogen) atoms. The summed E-state index contributed by atoms with van der Waals surface area (Å²) in [5, 5.41) is 3.60. The first kappa shape index (κ1) is 26.7. The molecule has 7 rings (SSSR count). The minimum atomic E-state index is -1.38. The number of halogens is 2. The third-order valence-electron chi connectivity index (χ3n) is 8.65. The summed E-state index contributed by atoms with van der Waals surface area (Å²) in [5.41, 5.74) is 2.36. The number of hydrogen-bond acceptors (Lipinski definition) is 5. The zero-order valence-electron chi connectivity index (χ0n) is 22.4. The van der Waals surface area contributed by atoms with Gasteiger partial charge in [-0.15, -0.1) is 0 Å². The number of nitrogens with one attached hydrogen (secondary N) is 1. The van der Waals surface area contributed by atoms with Crippen LogP contribution < -0.4 is 15.0 Å². The molecular formula is C34H24BrClN2O4. The number of benzene rings is 4. The van der Waals surface area contributed by atoms with E-state index in [9.17, 15) is 14.4 Å². The molecule has 1 N–H and O–H groups in total. The molecule has 4 atom stereocenters. The van der Waals surface area contributed by atoms with E-state index in [1.54, 1.807) is 61.7 Å². The van der Waals surface area contributed by atoms with Crippen LogP contribution in [0.2, 0.25) is 5.02 Å². The van der Waals surface area contributed by atoms with Crippen molar-refractivity contribution in [2.24, 2.45) is 5.92 Å². The molecule has 0 radical (unpaired) electrons. The number of nitrogens with zero attached hydrogens (tertiary/aromatic N) is 1. The van der Waals surface area contributed by atoms with E-state index < -0.39 is 23.4 Å². The van der Waals surface area contributed by atoms with Crippen LogP contribution in [0.4, 0.5) is 11.4 Å². The first-order valence-electron chi connectivity index (χ1n) is 13.5. The summed E-state index contributed by atoms with van der Waals surface area (Å²) in [6, 6.07) is 25.2. The number of Topliss-reactive ketones (excluding diaryl/α,β-unsaturated/α-hetero) is 2. The van der Waals surface area contributed by atoms with Gasteiger partial charge in [0, 0.05) is 32.0 Å². The summed E-state index contributed by atoms with van der Waals surface area (Å²) in [5.74, 6) is -1.30. The van der Waals surface area contributed by atoms with E-state index in [0.29, 0.717) is 33.1 Å². The molecule has 208 valence electrons. The van der Waals surface area contributed by atoms with Crippen LogP contribution in [0.25, 0.3) is 6.08 Å². The highest BCUT2D eigenvalue weighted by Crippen LogP contribution is 2.58. The lowest BCUT2D eigenvalue weighted by molar-refractivity contribution is -0.121. The number of ether oxygens (including phenoxy) is 1. The van der Waals surface area contributed by atoms with Gasteiger partial charge in [0.2, 0.25) is 5.91 Å². The maximum Gasteiger partial charge on any atom is 0.238 e. The van der Waals surface area contributed by atoms with Gasteiger partial charge in [0.1, 0.15) is 17.2 Å². The van der Waals surface area contributed by atoms with Crippen molar-refractivity contribution in [3.05, 3.63) is 129 Å². The van der Waals surface area contributed by atoms with Gasteiger partial charge >= 0.3 is 0 Å². The van der Waals surface area contributed by atoms with E-state index in [1.165, 1.54) is 0 Å². The Labute approximate surface area is 256 Å². The van der Waals surface area contributed by atoms with Crippen LogP contribution in [0, 0.1) is 5.92 Å². The number of fused-ring (bicyclic) bond motifs is 6. The Balaban J connectivity index is 1.52. The van der Waals surface area contributed by atoms with E-state index >= 15 is 0 Å². The Kier molecular flexibility index (Phi) is 6.33. The number of carbonyl (C=O) groups excluding carboxylic acids is 3. The van der Waals surface area contributed by atoms with E-state index in [4.69, 9.17) is 16.3 Å². The molecule has 1 saturated heterocycles. The minimum Gasteiger partial charge on any atom is -0.497 e. The van der Waals surface area contributed by atoms with Crippen LogP contribution in [0.3, 0.4) is 0 Å². The number of ketones is 2. The second kappa shape index (κ2) is 9.96. The maximum absolute atomic E-state index is 14.8. The fourth-order valence-corrected chi connectivity index (χ4v) is 7.31. The summed E-state index contributed by atoms with van der Waals surface area (Å²) < 4.78 is 6.15. The number of methoxy groups -OCH3 is 1. The van der Waals surface area contributed by atoms with Crippen LogP contribution in [0.15, 0.2) is 102 Å². The molecule has 4 aromatic rings. The quantitative estimate of drug-likeness (QED) is 0.239. The van der Waals surface area contributed by atoms with E-state index in [1.807, 2.05) is 53.5 Å². The molecule has 3 heterocycles. The van der Waals surface area contributed by atoms with Crippen molar-refractivity contribution < 1.29 is 19.1 Å². The number of rotatable bonds is 5. The van der Waals surface area contributed by atoms with Gasteiger partial charge < -0.3 is 15.0 Å². The SMILES string of the molecule is COc1ccc(C(=O)[C@H]2[C@H](C(=O)c3ccc(Br)cc3)N3c4ccc(Cl)cc4C=C[C@@H]3[C@]23C(=O)Nc2ccccc23)cc1. The van der Waals surface area contributed by atoms with E-state index in [-0.39, 0.29) is 17.5 Å². The predicted octanol–water partition coefficient (Wildman–Crippen LogP) is 6.97. The Bertz CT molecular complexity index is 1800. The summed E-state index contributed by atoms with van der Waals surface area (Å²) in [7, 11) is 1.56. The molecule has 1 fully saturated rings. The molecule has 8 heteroatoms. The van der Waals surface area contributed by atoms with Gasteiger partial charge in [0.15, 0.2) is 11.6 Å². The standard InChI is InChI=1S/C34H24BrClN2O4/c1-42-24-14-8-19(9-15-24)31(39)29-30(32(40)20-6-11-22(35)12-7-20)38-27-16-13-23(36)18-21(27)10-17-28(38)34(29)25-4-2-3-5-26(25)37-33(34)41/h2-18,28-30H,1H3,(H,37,41)/t28-,29-,30-,34+/m1/s1. The zero-order chi connectivity index (χ0) is 29.2. The second-order valence-corrected chi connectivity index (χ2v) is 12.0. The topological polar surface area (TPSA) is 75.7 Å². The Morgan fingerprint density at radius 3 is 2.36 bits per heavy atom. The van der Waals surface area contributed by atoms with Crippen LogP contribution in [-0.2, 0) is 10.2 Å². The molecule has 0 saturated carbocycles. The number of anilines is 2. The van der Waals surface area contributed by atoms with Gasteiger partial charge in [-0.05, 0) is 71.8 Å². The number of hydrogen-bond donors (Lipinski definition) is 1. The maximum atomic E-state index is 14.8. The fraction of sp³-hybridized carbons (Fsp3) is 0.147. The van der Waals surface area contributed by atoms with E-state index in [0.717, 1.165) is 15.7 Å². The van der Waals surface area contributed by atoms with Crippen molar-refractivity contribution in [1.29, 1.82) is 0 Å². The zero-order valence-corrected chi connectivity index (χ0v) is 24.7. The summed E-state index contributed by atoms with van der Waals surface area (Å²) >= 11 is 9.82. The first-order valence-corrected chi connectivity index (χ1v) is 14.7. The lowest BCUT2D eigenvalue weighted by atomic mass is 9.64. The summed E-state index contributed by atoms with van der Waals surface area (Å²) in [4.78, 5) is 45.9. The van der Waals surface area contributed by atoms with Crippen molar-refractivity contribution in [3.63, 3.8) is 0 Å². The molecular weight excluding hydrogens is 616 g/mol. The highest BCUT2D eigenvalue weighted by atomic mass is 79.9. The van der Waals surface area contributed by atoms with E-state index in [2.05, 4.69) is 21.2 Å². The smallest absolute Gasteiger partial charge is 0.238 e. The van der Waals surface area contributed by atoms with Crippen molar-refractivity contribution in [3.8, 4) is 5.75 Å². The summed E-state index contributed by atoms with van der Waals surface area (Å²) in [6.07, 6.45) is 3.86. The molecule has 0 unspecified atom stereocenters. The number of amides is 1. The monoisotopic (exact) mass is 638 g/mol. The highest BCUT2D eigenvalue weighted by molar-refractivity contribution is 9.10. The molecule has 1 spiro atoms. The van der Waals surface area contributed by atoms with Crippen molar-refractivity contribution >= 4 is 62.5 Å². The minimum absolute atomic E-state index is 0.246. The van der Waals surface area contributed by atoms with Crippen molar-refractivity contribution in [2.45, 2.75) is 17.5 Å². The average molecular weight is 640 g/mol. The van der Waals surface area contributed by atoms with Crippen LogP contribution >= 0.6 is 27.5 Å². The Hall–Kier alpha value is -4.20. The largest absolute Gasteiger partial charge is 0.497 e. The molecule has 4 aromatic carbocycles. The van der Waals surface area contributed by atoms with Crippen LogP contribution in [0.5, 0.6) is 5.75 Å².